The zero-order valence-electron chi connectivity index (χ0n) is 14.9. The first-order chi connectivity index (χ1) is 11.3. The van der Waals surface area contributed by atoms with E-state index in [9.17, 15) is 10.2 Å². The molecule has 2 aromatic carbocycles. The van der Waals surface area contributed by atoms with Crippen LogP contribution in [-0.2, 0) is 0 Å². The van der Waals surface area contributed by atoms with Crippen molar-refractivity contribution < 1.29 is 19.7 Å². The van der Waals surface area contributed by atoms with Gasteiger partial charge in [-0.2, -0.15) is 0 Å². The summed E-state index contributed by atoms with van der Waals surface area (Å²) in [5.74, 6) is 2.12. The van der Waals surface area contributed by atoms with Crippen molar-refractivity contribution in [1.29, 1.82) is 0 Å². The van der Waals surface area contributed by atoms with Crippen LogP contribution >= 0.6 is 0 Å². The quantitative estimate of drug-likeness (QED) is 0.762. The van der Waals surface area contributed by atoms with Crippen LogP contribution in [0.5, 0.6) is 23.0 Å². The number of aromatic hydroxyl groups is 2. The van der Waals surface area contributed by atoms with E-state index in [4.69, 9.17) is 9.47 Å². The Bertz CT molecular complexity index is 838. The van der Waals surface area contributed by atoms with Crippen LogP contribution in [0.15, 0.2) is 0 Å². The van der Waals surface area contributed by atoms with Crippen molar-refractivity contribution in [2.75, 3.05) is 0 Å². The number of hydrogen-bond donors (Lipinski definition) is 2. The highest BCUT2D eigenvalue weighted by Gasteiger charge is 2.48. The fourth-order valence-corrected chi connectivity index (χ4v) is 4.12. The number of fused-ring (bicyclic) bond motifs is 5. The minimum absolute atomic E-state index is 0.120. The lowest BCUT2D eigenvalue weighted by Crippen LogP contribution is -2.20. The van der Waals surface area contributed by atoms with Crippen LogP contribution in [0, 0.1) is 41.5 Å². The molecule has 4 heteroatoms. The van der Waals surface area contributed by atoms with Crippen LogP contribution in [0.25, 0.3) is 0 Å². The molecule has 2 aliphatic rings. The van der Waals surface area contributed by atoms with Gasteiger partial charge in [-0.15, -0.1) is 0 Å². The summed E-state index contributed by atoms with van der Waals surface area (Å²) in [5, 5.41) is 21.0. The second-order valence-corrected chi connectivity index (χ2v) is 7.01. The van der Waals surface area contributed by atoms with Gasteiger partial charge in [-0.3, -0.25) is 0 Å². The van der Waals surface area contributed by atoms with E-state index >= 15 is 0 Å². The molecule has 0 amide bonds. The number of benzene rings is 2. The first-order valence-electron chi connectivity index (χ1n) is 8.24. The molecule has 2 N–H and O–H groups in total. The molecule has 0 bridgehead atoms. The summed E-state index contributed by atoms with van der Waals surface area (Å²) < 4.78 is 12.3. The smallest absolute Gasteiger partial charge is 0.252 e. The maximum Gasteiger partial charge on any atom is 0.252 e. The van der Waals surface area contributed by atoms with Crippen LogP contribution in [-0.4, -0.2) is 16.5 Å². The lowest BCUT2D eigenvalue weighted by molar-refractivity contribution is 0.0320. The number of ether oxygens (including phenoxy) is 2. The monoisotopic (exact) mass is 326 g/mol. The topological polar surface area (TPSA) is 58.9 Å². The SMILES string of the molecule is Cc1c(C)c2c(c(C)c1O)C1c3c(C)c(O)c(C)c(C)c3OC1O2. The van der Waals surface area contributed by atoms with Gasteiger partial charge in [0.05, 0.1) is 5.92 Å². The number of phenolic OH excluding ortho intramolecular Hbond substituents is 2. The largest absolute Gasteiger partial charge is 0.507 e. The zero-order chi connectivity index (χ0) is 17.5. The lowest BCUT2D eigenvalue weighted by Gasteiger charge is -2.18. The summed E-state index contributed by atoms with van der Waals surface area (Å²) >= 11 is 0. The minimum Gasteiger partial charge on any atom is -0.507 e. The second kappa shape index (κ2) is 4.59. The molecule has 2 aliphatic heterocycles. The van der Waals surface area contributed by atoms with Crippen molar-refractivity contribution in [3.63, 3.8) is 0 Å². The molecule has 24 heavy (non-hydrogen) atoms. The van der Waals surface area contributed by atoms with Crippen LogP contribution in [0.2, 0.25) is 0 Å². The molecule has 0 radical (unpaired) electrons. The molecule has 4 rings (SSSR count). The third-order valence-electron chi connectivity index (χ3n) is 5.89. The second-order valence-electron chi connectivity index (χ2n) is 7.01. The van der Waals surface area contributed by atoms with E-state index in [0.29, 0.717) is 11.5 Å². The van der Waals surface area contributed by atoms with Crippen molar-refractivity contribution in [1.82, 2.24) is 0 Å². The van der Waals surface area contributed by atoms with Gasteiger partial charge in [-0.1, -0.05) is 0 Å². The van der Waals surface area contributed by atoms with Crippen LogP contribution in [0.4, 0.5) is 0 Å². The van der Waals surface area contributed by atoms with Crippen molar-refractivity contribution in [3.8, 4) is 23.0 Å². The number of rotatable bonds is 0. The fraction of sp³-hybridized carbons (Fsp3) is 0.400. The molecule has 0 aliphatic carbocycles. The maximum absolute atomic E-state index is 10.5. The van der Waals surface area contributed by atoms with E-state index in [1.807, 2.05) is 41.5 Å². The Labute approximate surface area is 141 Å². The molecule has 0 atom stereocenters. The van der Waals surface area contributed by atoms with Crippen molar-refractivity contribution in [2.45, 2.75) is 53.8 Å². The first-order valence-corrected chi connectivity index (χ1v) is 8.24. The average Bonchev–Trinajstić information content (AvgIpc) is 3.10. The van der Waals surface area contributed by atoms with Gasteiger partial charge in [0.2, 0.25) is 0 Å². The summed E-state index contributed by atoms with van der Waals surface area (Å²) in [7, 11) is 0. The summed E-state index contributed by atoms with van der Waals surface area (Å²) in [6, 6.07) is 0. The van der Waals surface area contributed by atoms with Crippen molar-refractivity contribution >= 4 is 0 Å². The van der Waals surface area contributed by atoms with Crippen LogP contribution in [0.1, 0.15) is 50.4 Å². The lowest BCUT2D eigenvalue weighted by atomic mass is 9.83. The number of phenols is 2. The Kier molecular flexibility index (Phi) is 2.91. The summed E-state index contributed by atoms with van der Waals surface area (Å²) in [4.78, 5) is 0. The molecule has 2 heterocycles. The molecule has 0 spiro atoms. The van der Waals surface area contributed by atoms with E-state index in [0.717, 1.165) is 56.0 Å². The Morgan fingerprint density at radius 2 is 0.958 bits per heavy atom. The third-order valence-corrected chi connectivity index (χ3v) is 5.89. The summed E-state index contributed by atoms with van der Waals surface area (Å²) in [5.41, 5.74) is 7.17. The summed E-state index contributed by atoms with van der Waals surface area (Å²) in [6.45, 7) is 11.5. The minimum atomic E-state index is -0.438. The van der Waals surface area contributed by atoms with Gasteiger partial charge in [0.1, 0.15) is 23.0 Å². The molecule has 0 unspecified atom stereocenters. The van der Waals surface area contributed by atoms with Crippen LogP contribution < -0.4 is 9.47 Å². The predicted molar refractivity (Wildman–Crippen MR) is 91.5 cm³/mol. The Balaban J connectivity index is 2.05. The van der Waals surface area contributed by atoms with Gasteiger partial charge < -0.3 is 19.7 Å². The Morgan fingerprint density at radius 1 is 0.583 bits per heavy atom. The molecular formula is C20H22O4. The molecule has 0 aromatic heterocycles. The van der Waals surface area contributed by atoms with E-state index in [1.165, 1.54) is 0 Å². The molecular weight excluding hydrogens is 304 g/mol. The Hall–Kier alpha value is -2.36. The van der Waals surface area contributed by atoms with E-state index in [-0.39, 0.29) is 5.92 Å². The predicted octanol–water partition coefficient (Wildman–Crippen LogP) is 4.19. The normalized spacial score (nSPS) is 20.2. The number of hydrogen-bond acceptors (Lipinski definition) is 4. The molecule has 126 valence electrons. The Morgan fingerprint density at radius 3 is 1.33 bits per heavy atom. The van der Waals surface area contributed by atoms with Crippen molar-refractivity contribution in [3.05, 3.63) is 44.5 Å². The van der Waals surface area contributed by atoms with Gasteiger partial charge in [-0.25, -0.2) is 0 Å². The molecule has 0 fully saturated rings. The zero-order valence-corrected chi connectivity index (χ0v) is 14.9. The van der Waals surface area contributed by atoms with E-state index in [1.54, 1.807) is 0 Å². The van der Waals surface area contributed by atoms with Crippen LogP contribution in [0.3, 0.4) is 0 Å². The van der Waals surface area contributed by atoms with Gasteiger partial charge >= 0.3 is 0 Å². The highest BCUT2D eigenvalue weighted by atomic mass is 16.7. The molecule has 2 aromatic rings. The van der Waals surface area contributed by atoms with Gasteiger partial charge in [0.15, 0.2) is 0 Å². The maximum atomic E-state index is 10.5. The van der Waals surface area contributed by atoms with E-state index in [2.05, 4.69) is 0 Å². The van der Waals surface area contributed by atoms with Gasteiger partial charge in [0, 0.05) is 11.1 Å². The van der Waals surface area contributed by atoms with Gasteiger partial charge in [-0.05, 0) is 74.9 Å². The van der Waals surface area contributed by atoms with Gasteiger partial charge in [0.25, 0.3) is 6.29 Å². The highest BCUT2D eigenvalue weighted by molar-refractivity contribution is 5.69. The first kappa shape index (κ1) is 15.2. The summed E-state index contributed by atoms with van der Waals surface area (Å²) in [6.07, 6.45) is -0.438. The molecule has 0 saturated carbocycles. The average molecular weight is 326 g/mol. The van der Waals surface area contributed by atoms with Crippen molar-refractivity contribution in [2.24, 2.45) is 0 Å². The highest BCUT2D eigenvalue weighted by Crippen LogP contribution is 2.57. The molecule has 0 saturated heterocycles. The fourth-order valence-electron chi connectivity index (χ4n) is 4.12. The third kappa shape index (κ3) is 1.58. The standard InChI is InChI=1S/C20H22O4/c1-7-9(3)18-13(11(5)16(7)21)15-14-12(6)17(22)8(2)10(4)19(14)24-20(15)23-18/h15,20-22H,1-6H3. The van der Waals surface area contributed by atoms with E-state index < -0.39 is 6.29 Å². The molecule has 4 nitrogen and oxygen atoms in total.